The first-order valence-electron chi connectivity index (χ1n) is 4.67. The summed E-state index contributed by atoms with van der Waals surface area (Å²) < 4.78 is 0. The summed E-state index contributed by atoms with van der Waals surface area (Å²) in [6.07, 6.45) is 0. The Bertz CT molecular complexity index is 214. The van der Waals surface area contributed by atoms with Gasteiger partial charge in [-0.25, -0.2) is 0 Å². The van der Waals surface area contributed by atoms with Gasteiger partial charge in [0.25, 0.3) is 0 Å². The predicted molar refractivity (Wildman–Crippen MR) is 54.5 cm³/mol. The zero-order valence-electron chi connectivity index (χ0n) is 9.02. The van der Waals surface area contributed by atoms with E-state index in [1.165, 1.54) is 0 Å². The minimum atomic E-state index is -0.619. The lowest BCUT2D eigenvalue weighted by atomic mass is 9.93. The largest absolute Gasteiger partial charge is 0.369 e. The molecule has 0 aromatic rings. The maximum Gasteiger partial charge on any atom is 0.233 e. The van der Waals surface area contributed by atoms with Crippen molar-refractivity contribution in [3.8, 4) is 0 Å². The van der Waals surface area contributed by atoms with Gasteiger partial charge in [-0.2, -0.15) is 0 Å². The van der Waals surface area contributed by atoms with Crippen molar-refractivity contribution in [2.75, 3.05) is 19.6 Å². The molecule has 0 saturated heterocycles. The lowest BCUT2D eigenvalue weighted by molar-refractivity contribution is -0.126. The summed E-state index contributed by atoms with van der Waals surface area (Å²) in [4.78, 5) is 21.9. The van der Waals surface area contributed by atoms with Gasteiger partial charge in [0.05, 0.1) is 12.0 Å². The summed E-state index contributed by atoms with van der Waals surface area (Å²) in [7, 11) is 0. The summed E-state index contributed by atoms with van der Waals surface area (Å²) >= 11 is 0. The van der Waals surface area contributed by atoms with E-state index in [0.717, 1.165) is 0 Å². The van der Waals surface area contributed by atoms with E-state index in [9.17, 15) is 9.59 Å². The van der Waals surface area contributed by atoms with Crippen molar-refractivity contribution in [1.82, 2.24) is 10.6 Å². The molecule has 0 aliphatic carbocycles. The highest BCUT2D eigenvalue weighted by molar-refractivity contribution is 5.80. The predicted octanol–water partition coefficient (Wildman–Crippen LogP) is -0.776. The molecular weight excluding hydrogens is 182 g/mol. The molecule has 0 aromatic carbocycles. The molecule has 0 heterocycles. The van der Waals surface area contributed by atoms with Gasteiger partial charge in [0.2, 0.25) is 11.8 Å². The Morgan fingerprint density at radius 2 is 1.93 bits per heavy atom. The highest BCUT2D eigenvalue weighted by atomic mass is 16.2. The fourth-order valence-electron chi connectivity index (χ4n) is 0.835. The Balaban J connectivity index is 3.74. The number of carbonyl (C=O) groups is 2. The molecule has 2 amide bonds. The van der Waals surface area contributed by atoms with Crippen molar-refractivity contribution < 1.29 is 9.59 Å². The minimum Gasteiger partial charge on any atom is -0.369 e. The van der Waals surface area contributed by atoms with Crippen LogP contribution in [0.1, 0.15) is 20.8 Å². The van der Waals surface area contributed by atoms with E-state index in [2.05, 4.69) is 10.6 Å². The molecule has 0 aromatic heterocycles. The number of nitrogens with one attached hydrogen (secondary N) is 2. The number of hydrogen-bond acceptors (Lipinski definition) is 3. The fraction of sp³-hybridized carbons (Fsp3) is 0.778. The average molecular weight is 201 g/mol. The number of primary amides is 1. The van der Waals surface area contributed by atoms with E-state index >= 15 is 0 Å². The van der Waals surface area contributed by atoms with Gasteiger partial charge in [0.1, 0.15) is 0 Å². The van der Waals surface area contributed by atoms with E-state index in [4.69, 9.17) is 5.73 Å². The topological polar surface area (TPSA) is 84.2 Å². The lowest BCUT2D eigenvalue weighted by Crippen LogP contribution is -2.43. The van der Waals surface area contributed by atoms with Gasteiger partial charge in [-0.05, 0) is 20.8 Å². The first kappa shape index (κ1) is 12.9. The Kier molecular flexibility index (Phi) is 5.15. The Morgan fingerprint density at radius 1 is 1.36 bits per heavy atom. The van der Waals surface area contributed by atoms with Crippen molar-refractivity contribution in [3.05, 3.63) is 0 Å². The molecule has 5 nitrogen and oxygen atoms in total. The molecule has 4 N–H and O–H groups in total. The molecule has 0 radical (unpaired) electrons. The average Bonchev–Trinajstić information content (AvgIpc) is 2.04. The number of amides is 2. The van der Waals surface area contributed by atoms with Crippen LogP contribution in [0.4, 0.5) is 0 Å². The highest BCUT2D eigenvalue weighted by Gasteiger charge is 2.24. The Labute approximate surface area is 84.4 Å². The second kappa shape index (κ2) is 5.59. The lowest BCUT2D eigenvalue weighted by Gasteiger charge is -2.20. The quantitative estimate of drug-likeness (QED) is 0.527. The van der Waals surface area contributed by atoms with Crippen LogP contribution in [0.15, 0.2) is 0 Å². The third kappa shape index (κ3) is 4.81. The zero-order valence-corrected chi connectivity index (χ0v) is 9.02. The summed E-state index contributed by atoms with van der Waals surface area (Å²) in [5, 5.41) is 5.52. The number of likely N-dealkylation sites (N-methyl/N-ethyl adjacent to an activating group) is 1. The van der Waals surface area contributed by atoms with Gasteiger partial charge in [-0.15, -0.1) is 0 Å². The maximum absolute atomic E-state index is 11.0. The summed E-state index contributed by atoms with van der Waals surface area (Å²) in [5.74, 6) is -0.450. The monoisotopic (exact) mass is 201 g/mol. The molecule has 5 heteroatoms. The molecule has 0 aliphatic rings. The Morgan fingerprint density at radius 3 is 2.36 bits per heavy atom. The van der Waals surface area contributed by atoms with E-state index in [1.807, 2.05) is 6.92 Å². The molecule has 14 heavy (non-hydrogen) atoms. The normalized spacial score (nSPS) is 11.1. The fourth-order valence-corrected chi connectivity index (χ4v) is 0.835. The third-order valence-electron chi connectivity index (χ3n) is 1.89. The molecule has 0 fully saturated rings. The van der Waals surface area contributed by atoms with E-state index in [0.29, 0.717) is 13.1 Å². The second-order valence-corrected chi connectivity index (χ2v) is 3.81. The summed E-state index contributed by atoms with van der Waals surface area (Å²) in [5.41, 5.74) is 4.55. The van der Waals surface area contributed by atoms with Crippen molar-refractivity contribution in [1.29, 1.82) is 0 Å². The van der Waals surface area contributed by atoms with Crippen molar-refractivity contribution >= 4 is 11.8 Å². The second-order valence-electron chi connectivity index (χ2n) is 3.81. The molecular formula is C9H19N3O2. The van der Waals surface area contributed by atoms with Gasteiger partial charge >= 0.3 is 0 Å². The number of carbonyl (C=O) groups excluding carboxylic acids is 2. The molecule has 0 saturated carbocycles. The van der Waals surface area contributed by atoms with E-state index in [-0.39, 0.29) is 18.4 Å². The van der Waals surface area contributed by atoms with Crippen LogP contribution in [0.2, 0.25) is 0 Å². The van der Waals surface area contributed by atoms with Crippen LogP contribution >= 0.6 is 0 Å². The number of nitrogens with two attached hydrogens (primary N) is 1. The third-order valence-corrected chi connectivity index (χ3v) is 1.89. The van der Waals surface area contributed by atoms with Crippen molar-refractivity contribution in [3.63, 3.8) is 0 Å². The molecule has 0 rings (SSSR count). The first-order chi connectivity index (χ1) is 6.40. The number of rotatable bonds is 6. The van der Waals surface area contributed by atoms with Crippen LogP contribution in [0, 0.1) is 5.41 Å². The standard InChI is InChI=1S/C9H19N3O2/c1-4-12-7(13)5-11-6-9(2,3)8(10)14/h11H,4-6H2,1-3H3,(H2,10,14)(H,12,13). The smallest absolute Gasteiger partial charge is 0.233 e. The van der Waals surface area contributed by atoms with Gasteiger partial charge in [0.15, 0.2) is 0 Å². The van der Waals surface area contributed by atoms with Crippen LogP contribution < -0.4 is 16.4 Å². The highest BCUT2D eigenvalue weighted by Crippen LogP contribution is 2.11. The molecule has 82 valence electrons. The van der Waals surface area contributed by atoms with Gasteiger partial charge in [0, 0.05) is 13.1 Å². The molecule has 0 aliphatic heterocycles. The minimum absolute atomic E-state index is 0.0761. The first-order valence-corrected chi connectivity index (χ1v) is 4.67. The van der Waals surface area contributed by atoms with Crippen LogP contribution in [0.3, 0.4) is 0 Å². The molecule has 0 spiro atoms. The molecule has 0 unspecified atom stereocenters. The van der Waals surface area contributed by atoms with Crippen LogP contribution in [0.25, 0.3) is 0 Å². The van der Waals surface area contributed by atoms with Crippen LogP contribution in [0.5, 0.6) is 0 Å². The van der Waals surface area contributed by atoms with E-state index < -0.39 is 5.41 Å². The van der Waals surface area contributed by atoms with E-state index in [1.54, 1.807) is 13.8 Å². The van der Waals surface area contributed by atoms with Crippen LogP contribution in [-0.4, -0.2) is 31.4 Å². The van der Waals surface area contributed by atoms with Crippen molar-refractivity contribution in [2.24, 2.45) is 11.1 Å². The Hall–Kier alpha value is -1.10. The molecule has 0 bridgehead atoms. The van der Waals surface area contributed by atoms with Gasteiger partial charge < -0.3 is 16.4 Å². The zero-order chi connectivity index (χ0) is 11.2. The molecule has 0 atom stereocenters. The van der Waals surface area contributed by atoms with Crippen molar-refractivity contribution in [2.45, 2.75) is 20.8 Å². The summed E-state index contributed by atoms with van der Waals surface area (Å²) in [6.45, 7) is 6.55. The van der Waals surface area contributed by atoms with Gasteiger partial charge in [-0.3, -0.25) is 9.59 Å². The summed E-state index contributed by atoms with van der Waals surface area (Å²) in [6, 6.07) is 0. The maximum atomic E-state index is 11.0. The number of hydrogen-bond donors (Lipinski definition) is 3. The van der Waals surface area contributed by atoms with Crippen LogP contribution in [-0.2, 0) is 9.59 Å². The van der Waals surface area contributed by atoms with Gasteiger partial charge in [-0.1, -0.05) is 0 Å². The SMILES string of the molecule is CCNC(=O)CNCC(C)(C)C(N)=O.